The van der Waals surface area contributed by atoms with Crippen molar-refractivity contribution in [3.8, 4) is 0 Å². The number of aliphatic hydroxyl groups is 3. The van der Waals surface area contributed by atoms with Crippen LogP contribution < -0.4 is 0 Å². The maximum absolute atomic E-state index is 12.2. The smallest absolute Gasteiger partial charge is 0.343 e. The molecule has 210 valence electrons. The van der Waals surface area contributed by atoms with Gasteiger partial charge in [-0.25, -0.2) is 14.4 Å². The van der Waals surface area contributed by atoms with Crippen molar-refractivity contribution in [1.82, 2.24) is 0 Å². The number of carboxylic acids is 3. The van der Waals surface area contributed by atoms with Crippen LogP contribution in [-0.2, 0) is 39.8 Å². The summed E-state index contributed by atoms with van der Waals surface area (Å²) in [6.45, 7) is 4.81. The van der Waals surface area contributed by atoms with Gasteiger partial charge >= 0.3 is 23.9 Å². The second-order valence-electron chi connectivity index (χ2n) is 10.0. The topological polar surface area (TPSA) is 217 Å². The zero-order valence-electron chi connectivity index (χ0n) is 21.0. The van der Waals surface area contributed by atoms with Crippen LogP contribution in [0.5, 0.6) is 0 Å². The highest BCUT2D eigenvalue weighted by molar-refractivity contribution is 5.97. The van der Waals surface area contributed by atoms with Crippen LogP contribution in [0.1, 0.15) is 39.2 Å². The Morgan fingerprint density at radius 2 is 1.58 bits per heavy atom. The first kappa shape index (κ1) is 29.5. The molecule has 0 saturated carbocycles. The first-order valence-electron chi connectivity index (χ1n) is 12.0. The third-order valence-electron chi connectivity index (χ3n) is 7.40. The van der Waals surface area contributed by atoms with Crippen LogP contribution in [-0.4, -0.2) is 95.9 Å². The number of ether oxygens (including phenoxy) is 3. The van der Waals surface area contributed by atoms with Gasteiger partial charge in [-0.05, 0) is 30.2 Å². The fraction of sp³-hybridized carbons (Fsp3) is 0.600. The standard InChI is InChI=1S/C25H32O13/c1-12(16(36-14(3)26)13(2)11-15-7-5-4-6-8-15)9-10-23-17(27)18(28)25(38-23,22(33)34)24(35,21(31)32)19(37-23)20(29)30/h4-8,12-13,16-19,27-28,35H,9-11H2,1-3H3,(H,29,30)(H,31,32)(H,33,34)/t12-,13-,16-,17-,18-,19-,23+,24-,25+/m1/s1. The van der Waals surface area contributed by atoms with Gasteiger partial charge in [-0.3, -0.25) is 4.79 Å². The lowest BCUT2D eigenvalue weighted by Crippen LogP contribution is -2.77. The maximum Gasteiger partial charge on any atom is 0.343 e. The highest BCUT2D eigenvalue weighted by atomic mass is 16.8. The van der Waals surface area contributed by atoms with Gasteiger partial charge in [-0.1, -0.05) is 44.2 Å². The normalized spacial score (nSPS) is 34.6. The fourth-order valence-electron chi connectivity index (χ4n) is 5.50. The number of hydrogen-bond acceptors (Lipinski definition) is 10. The van der Waals surface area contributed by atoms with E-state index in [-0.39, 0.29) is 12.3 Å². The summed E-state index contributed by atoms with van der Waals surface area (Å²) < 4.78 is 16.2. The molecule has 13 nitrogen and oxygen atoms in total. The molecule has 1 aromatic rings. The quantitative estimate of drug-likeness (QED) is 0.200. The molecule has 0 radical (unpaired) electrons. The van der Waals surface area contributed by atoms with Crippen LogP contribution in [0.25, 0.3) is 0 Å². The monoisotopic (exact) mass is 540 g/mol. The number of esters is 1. The highest BCUT2D eigenvalue weighted by Crippen LogP contribution is 2.54. The van der Waals surface area contributed by atoms with E-state index in [4.69, 9.17) is 14.2 Å². The van der Waals surface area contributed by atoms with E-state index in [9.17, 15) is 49.8 Å². The number of aliphatic carboxylic acids is 3. The van der Waals surface area contributed by atoms with Crippen LogP contribution in [0.3, 0.4) is 0 Å². The molecule has 6 N–H and O–H groups in total. The SMILES string of the molecule is CC(=O)O[C@H]([C@H](C)CC[C@]12O[C@H](C(=O)O)[C@@](O)(C(=O)O)[C@](C(=O)O)(O1)[C@H](O)[C@H]2O)[C@H](C)Cc1ccccc1. The molecule has 0 aliphatic carbocycles. The molecule has 0 unspecified atom stereocenters. The zero-order chi connectivity index (χ0) is 28.6. The number of carbonyl (C=O) groups excluding carboxylic acids is 1. The Morgan fingerprint density at radius 1 is 0.974 bits per heavy atom. The number of benzene rings is 1. The number of fused-ring (bicyclic) bond motifs is 2. The van der Waals surface area contributed by atoms with Crippen molar-refractivity contribution in [2.75, 3.05) is 0 Å². The Labute approximate surface area is 217 Å². The Hall–Kier alpha value is -3.10. The molecule has 13 heteroatoms. The molecule has 9 atom stereocenters. The van der Waals surface area contributed by atoms with E-state index in [1.165, 1.54) is 6.92 Å². The lowest BCUT2D eigenvalue weighted by molar-refractivity contribution is -0.374. The molecular weight excluding hydrogens is 508 g/mol. The minimum absolute atomic E-state index is 0.00556. The zero-order valence-corrected chi connectivity index (χ0v) is 21.0. The number of rotatable bonds is 11. The van der Waals surface area contributed by atoms with Crippen LogP contribution in [0, 0.1) is 11.8 Å². The lowest BCUT2D eigenvalue weighted by atomic mass is 9.74. The number of carbonyl (C=O) groups is 4. The molecule has 2 fully saturated rings. The summed E-state index contributed by atoms with van der Waals surface area (Å²) in [5.41, 5.74) is -6.26. The molecule has 38 heavy (non-hydrogen) atoms. The van der Waals surface area contributed by atoms with Crippen molar-refractivity contribution < 1.29 is 64.0 Å². The minimum Gasteiger partial charge on any atom is -0.479 e. The Kier molecular flexibility index (Phi) is 8.20. The van der Waals surface area contributed by atoms with Crippen LogP contribution >= 0.6 is 0 Å². The van der Waals surface area contributed by atoms with Crippen molar-refractivity contribution in [1.29, 1.82) is 0 Å². The van der Waals surface area contributed by atoms with Crippen LogP contribution in [0.2, 0.25) is 0 Å². The van der Waals surface area contributed by atoms with E-state index in [1.54, 1.807) is 6.92 Å². The summed E-state index contributed by atoms with van der Waals surface area (Å²) in [4.78, 5) is 48.0. The van der Waals surface area contributed by atoms with Crippen LogP contribution in [0.15, 0.2) is 30.3 Å². The third-order valence-corrected chi connectivity index (χ3v) is 7.40. The Morgan fingerprint density at radius 3 is 2.08 bits per heavy atom. The molecule has 0 spiro atoms. The average molecular weight is 541 g/mol. The molecule has 0 amide bonds. The summed E-state index contributed by atoms with van der Waals surface area (Å²) in [6, 6.07) is 9.40. The Bertz CT molecular complexity index is 1080. The fourth-order valence-corrected chi connectivity index (χ4v) is 5.50. The predicted octanol–water partition coefficient (Wildman–Crippen LogP) is -0.216. The van der Waals surface area contributed by atoms with Crippen molar-refractivity contribution in [2.24, 2.45) is 11.8 Å². The molecule has 2 bridgehead atoms. The van der Waals surface area contributed by atoms with E-state index in [0.717, 1.165) is 5.56 Å². The summed E-state index contributed by atoms with van der Waals surface area (Å²) in [6.07, 6.45) is -8.10. The average Bonchev–Trinajstić information content (AvgIpc) is 3.04. The van der Waals surface area contributed by atoms with Crippen molar-refractivity contribution in [3.63, 3.8) is 0 Å². The van der Waals surface area contributed by atoms with Gasteiger partial charge in [0.15, 0.2) is 5.79 Å². The van der Waals surface area contributed by atoms with E-state index in [2.05, 4.69) is 0 Å². The predicted molar refractivity (Wildman–Crippen MR) is 125 cm³/mol. The number of aliphatic hydroxyl groups excluding tert-OH is 2. The van der Waals surface area contributed by atoms with E-state index >= 15 is 0 Å². The van der Waals surface area contributed by atoms with Crippen molar-refractivity contribution in [3.05, 3.63) is 35.9 Å². The van der Waals surface area contributed by atoms with E-state index in [0.29, 0.717) is 6.42 Å². The van der Waals surface area contributed by atoms with Gasteiger partial charge in [0, 0.05) is 13.3 Å². The first-order valence-corrected chi connectivity index (χ1v) is 12.0. The second kappa shape index (κ2) is 10.6. The molecule has 3 rings (SSSR count). The van der Waals surface area contributed by atoms with Crippen molar-refractivity contribution >= 4 is 23.9 Å². The van der Waals surface area contributed by atoms with Gasteiger partial charge in [0.25, 0.3) is 0 Å². The molecule has 0 aromatic heterocycles. The van der Waals surface area contributed by atoms with Gasteiger partial charge in [0.05, 0.1) is 0 Å². The number of carboxylic acid groups (broad SMARTS) is 3. The van der Waals surface area contributed by atoms with Gasteiger partial charge in [0.1, 0.15) is 18.3 Å². The van der Waals surface area contributed by atoms with Crippen molar-refractivity contribution in [2.45, 2.75) is 81.4 Å². The molecule has 2 aliphatic rings. The van der Waals surface area contributed by atoms with Crippen LogP contribution in [0.4, 0.5) is 0 Å². The second-order valence-corrected chi connectivity index (χ2v) is 10.0. The van der Waals surface area contributed by atoms with E-state index < -0.39 is 77.6 Å². The molecule has 1 aromatic carbocycles. The minimum atomic E-state index is -3.79. The molecule has 2 saturated heterocycles. The van der Waals surface area contributed by atoms with Gasteiger partial charge in [-0.15, -0.1) is 0 Å². The Balaban J connectivity index is 1.92. The van der Waals surface area contributed by atoms with Gasteiger partial charge < -0.3 is 44.8 Å². The first-order chi connectivity index (χ1) is 17.6. The number of hydrogen-bond donors (Lipinski definition) is 6. The van der Waals surface area contributed by atoms with Gasteiger partial charge in [-0.2, -0.15) is 0 Å². The molecular formula is C25H32O13. The molecule has 2 heterocycles. The molecule has 2 aliphatic heterocycles. The lowest BCUT2D eigenvalue weighted by Gasteiger charge is -2.48. The largest absolute Gasteiger partial charge is 0.479 e. The van der Waals surface area contributed by atoms with E-state index in [1.807, 2.05) is 37.3 Å². The van der Waals surface area contributed by atoms with Gasteiger partial charge in [0.2, 0.25) is 17.3 Å². The summed E-state index contributed by atoms with van der Waals surface area (Å²) in [5, 5.41) is 61.4. The maximum atomic E-state index is 12.2. The highest BCUT2D eigenvalue weighted by Gasteiger charge is 2.84. The summed E-state index contributed by atoms with van der Waals surface area (Å²) in [7, 11) is 0. The summed E-state index contributed by atoms with van der Waals surface area (Å²) in [5.74, 6) is -10.3. The summed E-state index contributed by atoms with van der Waals surface area (Å²) >= 11 is 0. The third kappa shape index (κ3) is 4.64.